The lowest BCUT2D eigenvalue weighted by Crippen LogP contribution is -2.36. The van der Waals surface area contributed by atoms with Crippen molar-refractivity contribution in [3.63, 3.8) is 0 Å². The highest BCUT2D eigenvalue weighted by atomic mass is 32.1. The Kier molecular flexibility index (Phi) is 6.71. The zero-order valence-electron chi connectivity index (χ0n) is 24.3. The molecule has 216 valence electrons. The Morgan fingerprint density at radius 1 is 1.10 bits per heavy atom. The van der Waals surface area contributed by atoms with E-state index >= 15 is 0 Å². The van der Waals surface area contributed by atoms with E-state index in [1.54, 1.807) is 27.0 Å². The summed E-state index contributed by atoms with van der Waals surface area (Å²) in [4.78, 5) is 47.9. The molecule has 2 aliphatic heterocycles. The maximum absolute atomic E-state index is 13.6. The third-order valence-corrected chi connectivity index (χ3v) is 9.23. The van der Waals surface area contributed by atoms with Crippen molar-refractivity contribution in [3.8, 4) is 0 Å². The van der Waals surface area contributed by atoms with Gasteiger partial charge in [0.2, 0.25) is 5.91 Å². The number of benzene rings is 1. The molecule has 41 heavy (non-hydrogen) atoms. The van der Waals surface area contributed by atoms with Crippen LogP contribution in [0.25, 0.3) is 0 Å². The fourth-order valence-corrected chi connectivity index (χ4v) is 7.24. The zero-order valence-corrected chi connectivity index (χ0v) is 25.1. The van der Waals surface area contributed by atoms with Gasteiger partial charge in [-0.1, -0.05) is 29.3 Å². The van der Waals surface area contributed by atoms with Gasteiger partial charge in [0.05, 0.1) is 19.6 Å². The minimum Gasteiger partial charge on any atom is -0.444 e. The Morgan fingerprint density at radius 2 is 1.83 bits per heavy atom. The molecular formula is C31H37N5O4S. The first-order chi connectivity index (χ1) is 19.4. The zero-order chi connectivity index (χ0) is 29.1. The van der Waals surface area contributed by atoms with Crippen LogP contribution in [0.3, 0.4) is 0 Å². The van der Waals surface area contributed by atoms with Gasteiger partial charge in [-0.15, -0.1) is 11.3 Å². The summed E-state index contributed by atoms with van der Waals surface area (Å²) in [6.07, 6.45) is 4.04. The number of ether oxygens (including phenoxy) is 1. The van der Waals surface area contributed by atoms with E-state index in [0.29, 0.717) is 32.6 Å². The van der Waals surface area contributed by atoms with Crippen LogP contribution in [0.1, 0.15) is 83.8 Å². The normalized spacial score (nSPS) is 18.3. The maximum atomic E-state index is 13.6. The summed E-state index contributed by atoms with van der Waals surface area (Å²) in [6, 6.07) is 7.80. The van der Waals surface area contributed by atoms with Crippen LogP contribution in [0.2, 0.25) is 0 Å². The summed E-state index contributed by atoms with van der Waals surface area (Å²) in [5.74, 6) is 0.125. The van der Waals surface area contributed by atoms with Crippen molar-refractivity contribution in [2.75, 3.05) is 5.32 Å². The molecular weight excluding hydrogens is 538 g/mol. The first-order valence-electron chi connectivity index (χ1n) is 14.2. The SMILES string of the molecule is Cc1cc(C)cc(CNc2ncc3n(c2=O)C(C(=O)NCc2cc4c(s2)CN(C(=O)OC(C)(C)C)C4)CC32CC2)c1. The molecule has 1 spiro atoms. The van der Waals surface area contributed by atoms with Crippen LogP contribution >= 0.6 is 11.3 Å². The average Bonchev–Trinajstić information content (AvgIpc) is 3.21. The fraction of sp³-hybridized carbons (Fsp3) is 0.484. The molecule has 1 saturated carbocycles. The first-order valence-corrected chi connectivity index (χ1v) is 15.0. The number of carbonyl (C=O) groups excluding carboxylic acids is 2. The Morgan fingerprint density at radius 3 is 2.49 bits per heavy atom. The minimum absolute atomic E-state index is 0.115. The number of anilines is 1. The molecule has 3 aromatic rings. The Hall–Kier alpha value is -3.66. The van der Waals surface area contributed by atoms with Crippen molar-refractivity contribution in [1.29, 1.82) is 0 Å². The van der Waals surface area contributed by atoms with E-state index in [1.165, 1.54) is 11.1 Å². The van der Waals surface area contributed by atoms with Crippen LogP contribution in [0.4, 0.5) is 10.6 Å². The number of carbonyl (C=O) groups is 2. The number of aryl methyl sites for hydroxylation is 2. The molecule has 2 aromatic heterocycles. The molecule has 1 aromatic carbocycles. The first kappa shape index (κ1) is 27.5. The summed E-state index contributed by atoms with van der Waals surface area (Å²) >= 11 is 1.60. The predicted octanol–water partition coefficient (Wildman–Crippen LogP) is 5.08. The lowest BCUT2D eigenvalue weighted by atomic mass is 9.99. The van der Waals surface area contributed by atoms with Gasteiger partial charge in [0.15, 0.2) is 5.82 Å². The fourth-order valence-electron chi connectivity index (χ4n) is 6.10. The van der Waals surface area contributed by atoms with Gasteiger partial charge in [-0.3, -0.25) is 19.1 Å². The number of amides is 2. The van der Waals surface area contributed by atoms with E-state index in [-0.39, 0.29) is 28.8 Å². The number of fused-ring (bicyclic) bond motifs is 3. The van der Waals surface area contributed by atoms with E-state index < -0.39 is 11.6 Å². The van der Waals surface area contributed by atoms with Crippen LogP contribution in [0.5, 0.6) is 0 Å². The number of hydrogen-bond donors (Lipinski definition) is 2. The van der Waals surface area contributed by atoms with Crippen molar-refractivity contribution in [2.45, 2.75) is 97.1 Å². The number of nitrogens with zero attached hydrogens (tertiary/aromatic N) is 3. The molecule has 1 atom stereocenters. The number of aromatic nitrogens is 2. The molecule has 1 fully saturated rings. The van der Waals surface area contributed by atoms with Gasteiger partial charge in [0.1, 0.15) is 11.6 Å². The molecule has 10 heteroatoms. The molecule has 3 aliphatic rings. The molecule has 0 radical (unpaired) electrons. The summed E-state index contributed by atoms with van der Waals surface area (Å²) in [6.45, 7) is 11.6. The van der Waals surface area contributed by atoms with Gasteiger partial charge in [-0.25, -0.2) is 9.78 Å². The Balaban J connectivity index is 1.12. The second kappa shape index (κ2) is 10.0. The van der Waals surface area contributed by atoms with Crippen molar-refractivity contribution in [3.05, 3.63) is 78.5 Å². The van der Waals surface area contributed by atoms with Crippen molar-refractivity contribution in [2.24, 2.45) is 0 Å². The average molecular weight is 576 g/mol. The highest BCUT2D eigenvalue weighted by Crippen LogP contribution is 2.57. The second-order valence-electron chi connectivity index (χ2n) is 12.7. The van der Waals surface area contributed by atoms with E-state index in [4.69, 9.17) is 4.74 Å². The monoisotopic (exact) mass is 575 g/mol. The van der Waals surface area contributed by atoms with Crippen molar-refractivity contribution < 1.29 is 14.3 Å². The molecule has 1 aliphatic carbocycles. The lowest BCUT2D eigenvalue weighted by molar-refractivity contribution is -0.124. The number of hydrogen-bond acceptors (Lipinski definition) is 7. The minimum atomic E-state index is -0.556. The maximum Gasteiger partial charge on any atom is 0.410 e. The Bertz CT molecular complexity index is 1550. The van der Waals surface area contributed by atoms with Gasteiger partial charge in [0.25, 0.3) is 5.56 Å². The van der Waals surface area contributed by atoms with Gasteiger partial charge < -0.3 is 15.4 Å². The summed E-state index contributed by atoms with van der Waals surface area (Å²) in [7, 11) is 0. The van der Waals surface area contributed by atoms with E-state index in [0.717, 1.165) is 39.4 Å². The topological polar surface area (TPSA) is 106 Å². The standard InChI is InChI=1S/C31H37N5O4S/c1-18-8-19(2)10-20(9-18)13-32-26-28(38)36-23(12-31(6-7-31)25(36)15-33-26)27(37)34-14-22-11-21-16-35(17-24(21)41-22)29(39)40-30(3,4)5/h8-11,15,23H,6-7,12-14,16-17H2,1-5H3,(H,32,33)(H,34,37). The number of thiophene rings is 1. The highest BCUT2D eigenvalue weighted by molar-refractivity contribution is 7.12. The molecule has 0 saturated heterocycles. The predicted molar refractivity (Wildman–Crippen MR) is 158 cm³/mol. The van der Waals surface area contributed by atoms with Crippen molar-refractivity contribution >= 4 is 29.2 Å². The molecule has 2 amide bonds. The lowest BCUT2D eigenvalue weighted by Gasteiger charge is -2.24. The van der Waals surface area contributed by atoms with Crippen LogP contribution in [-0.2, 0) is 41.1 Å². The molecule has 1 unspecified atom stereocenters. The van der Waals surface area contributed by atoms with Crippen LogP contribution in [-0.4, -0.2) is 32.1 Å². The molecule has 2 N–H and O–H groups in total. The van der Waals surface area contributed by atoms with Crippen LogP contribution in [0, 0.1) is 13.8 Å². The highest BCUT2D eigenvalue weighted by Gasteiger charge is 2.55. The quantitative estimate of drug-likeness (QED) is 0.425. The van der Waals surface area contributed by atoms with Gasteiger partial charge in [0, 0.05) is 33.6 Å². The summed E-state index contributed by atoms with van der Waals surface area (Å²) in [5, 5.41) is 6.30. The third-order valence-electron chi connectivity index (χ3n) is 8.07. The van der Waals surface area contributed by atoms with Gasteiger partial charge in [-0.05, 0) is 71.1 Å². The summed E-state index contributed by atoms with van der Waals surface area (Å²) in [5.41, 5.74) is 4.50. The Labute approximate surface area is 243 Å². The number of nitrogens with one attached hydrogen (secondary N) is 2. The van der Waals surface area contributed by atoms with E-state index in [2.05, 4.69) is 53.7 Å². The van der Waals surface area contributed by atoms with Crippen LogP contribution < -0.4 is 16.2 Å². The van der Waals surface area contributed by atoms with Gasteiger partial charge in [-0.2, -0.15) is 0 Å². The molecule has 0 bridgehead atoms. The number of rotatable bonds is 6. The second-order valence-corrected chi connectivity index (χ2v) is 14.0. The van der Waals surface area contributed by atoms with Gasteiger partial charge >= 0.3 is 6.09 Å². The van der Waals surface area contributed by atoms with E-state index in [9.17, 15) is 14.4 Å². The molecule has 6 rings (SSSR count). The molecule has 4 heterocycles. The molecule has 9 nitrogen and oxygen atoms in total. The smallest absolute Gasteiger partial charge is 0.410 e. The van der Waals surface area contributed by atoms with Crippen LogP contribution in [0.15, 0.2) is 35.3 Å². The van der Waals surface area contributed by atoms with Crippen molar-refractivity contribution in [1.82, 2.24) is 19.8 Å². The largest absolute Gasteiger partial charge is 0.444 e. The summed E-state index contributed by atoms with van der Waals surface area (Å²) < 4.78 is 7.17. The third kappa shape index (κ3) is 5.49. The van der Waals surface area contributed by atoms with E-state index in [1.807, 2.05) is 20.8 Å².